The second-order valence-electron chi connectivity index (χ2n) is 7.62. The third-order valence-corrected chi connectivity index (χ3v) is 6.85. The number of fused-ring (bicyclic) bond motifs is 1. The van der Waals surface area contributed by atoms with E-state index in [1.165, 1.54) is 21.1 Å². The SMILES string of the molecule is CN(CC1CC1)S(=O)(=O)Nc1ccc2c(C(=O)Nc3ccc(F)c(Cl)c3)n(C)nc2c1. The molecule has 0 atom stereocenters. The Morgan fingerprint density at radius 3 is 2.65 bits per heavy atom. The van der Waals surface area contributed by atoms with Crippen LogP contribution in [-0.2, 0) is 17.3 Å². The summed E-state index contributed by atoms with van der Waals surface area (Å²) in [4.78, 5) is 12.8. The molecule has 31 heavy (non-hydrogen) atoms. The van der Waals surface area contributed by atoms with Crippen molar-refractivity contribution >= 4 is 50.0 Å². The van der Waals surface area contributed by atoms with E-state index in [0.717, 1.165) is 18.9 Å². The molecule has 1 amide bonds. The van der Waals surface area contributed by atoms with E-state index < -0.39 is 21.9 Å². The topological polar surface area (TPSA) is 96.3 Å². The molecule has 1 saturated carbocycles. The number of hydrogen-bond acceptors (Lipinski definition) is 4. The molecule has 0 radical (unpaired) electrons. The number of nitrogens with zero attached hydrogens (tertiary/aromatic N) is 3. The Morgan fingerprint density at radius 1 is 1.26 bits per heavy atom. The summed E-state index contributed by atoms with van der Waals surface area (Å²) in [5, 5.41) is 7.43. The minimum absolute atomic E-state index is 0.101. The number of anilines is 2. The molecule has 3 aromatic rings. The largest absolute Gasteiger partial charge is 0.321 e. The van der Waals surface area contributed by atoms with Crippen LogP contribution in [-0.4, -0.2) is 42.0 Å². The van der Waals surface area contributed by atoms with Crippen LogP contribution in [0.25, 0.3) is 10.9 Å². The minimum atomic E-state index is -3.68. The lowest BCUT2D eigenvalue weighted by atomic mass is 10.2. The lowest BCUT2D eigenvalue weighted by Crippen LogP contribution is -2.34. The summed E-state index contributed by atoms with van der Waals surface area (Å²) < 4.78 is 43.6. The van der Waals surface area contributed by atoms with Crippen molar-refractivity contribution in [1.29, 1.82) is 0 Å². The van der Waals surface area contributed by atoms with Crippen molar-refractivity contribution in [3.8, 4) is 0 Å². The number of carbonyl (C=O) groups is 1. The van der Waals surface area contributed by atoms with Gasteiger partial charge in [0.25, 0.3) is 5.91 Å². The fourth-order valence-corrected chi connectivity index (χ4v) is 4.45. The number of hydrogen-bond donors (Lipinski definition) is 2. The maximum Gasteiger partial charge on any atom is 0.301 e. The number of carbonyl (C=O) groups excluding carboxylic acids is 1. The third-order valence-electron chi connectivity index (χ3n) is 5.10. The van der Waals surface area contributed by atoms with Gasteiger partial charge in [-0.2, -0.15) is 17.8 Å². The van der Waals surface area contributed by atoms with Gasteiger partial charge < -0.3 is 5.32 Å². The summed E-state index contributed by atoms with van der Waals surface area (Å²) in [6.45, 7) is 0.485. The smallest absolute Gasteiger partial charge is 0.301 e. The number of benzene rings is 2. The van der Waals surface area contributed by atoms with E-state index in [2.05, 4.69) is 15.1 Å². The van der Waals surface area contributed by atoms with Gasteiger partial charge in [-0.1, -0.05) is 11.6 Å². The molecule has 0 bridgehead atoms. The summed E-state index contributed by atoms with van der Waals surface area (Å²) in [7, 11) is -0.522. The van der Waals surface area contributed by atoms with Gasteiger partial charge in [0.2, 0.25) is 0 Å². The molecule has 0 spiro atoms. The highest BCUT2D eigenvalue weighted by atomic mass is 35.5. The molecule has 2 aromatic carbocycles. The zero-order valence-corrected chi connectivity index (χ0v) is 18.5. The van der Waals surface area contributed by atoms with Gasteiger partial charge in [0.1, 0.15) is 11.5 Å². The molecule has 4 rings (SSSR count). The van der Waals surface area contributed by atoms with Crippen LogP contribution >= 0.6 is 11.6 Å². The van der Waals surface area contributed by atoms with Crippen molar-refractivity contribution in [2.75, 3.05) is 23.6 Å². The Bertz CT molecular complexity index is 1270. The van der Waals surface area contributed by atoms with E-state index in [9.17, 15) is 17.6 Å². The average Bonchev–Trinajstić information content (AvgIpc) is 3.44. The fourth-order valence-electron chi connectivity index (χ4n) is 3.29. The standard InChI is InChI=1S/C20H21ClFN5O3S/c1-26(11-12-3-4-12)31(29,30)25-14-5-7-15-18(10-14)24-27(2)19(15)20(28)23-13-6-8-17(22)16(21)9-13/h5-10,12,25H,3-4,11H2,1-2H3,(H,23,28). The van der Waals surface area contributed by atoms with E-state index in [-0.39, 0.29) is 10.7 Å². The van der Waals surface area contributed by atoms with Crippen LogP contribution in [0, 0.1) is 11.7 Å². The molecule has 0 unspecified atom stereocenters. The molecule has 164 valence electrons. The van der Waals surface area contributed by atoms with E-state index in [4.69, 9.17) is 11.6 Å². The van der Waals surface area contributed by atoms with Crippen molar-refractivity contribution < 1.29 is 17.6 Å². The molecular formula is C20H21ClFN5O3S. The van der Waals surface area contributed by atoms with Crippen LogP contribution in [0.15, 0.2) is 36.4 Å². The Kier molecular flexibility index (Phi) is 5.63. The summed E-state index contributed by atoms with van der Waals surface area (Å²) >= 11 is 5.77. The molecule has 2 N–H and O–H groups in total. The number of amides is 1. The highest BCUT2D eigenvalue weighted by Gasteiger charge is 2.28. The Balaban J connectivity index is 1.56. The maximum absolute atomic E-state index is 13.3. The normalized spacial score (nSPS) is 14.2. The Morgan fingerprint density at radius 2 is 1.97 bits per heavy atom. The second kappa shape index (κ2) is 8.10. The van der Waals surface area contributed by atoms with Crippen molar-refractivity contribution in [2.45, 2.75) is 12.8 Å². The fraction of sp³-hybridized carbons (Fsp3) is 0.300. The Labute approximate surface area is 184 Å². The van der Waals surface area contributed by atoms with E-state index >= 15 is 0 Å². The zero-order valence-electron chi connectivity index (χ0n) is 16.9. The van der Waals surface area contributed by atoms with Crippen molar-refractivity contribution in [1.82, 2.24) is 14.1 Å². The summed E-state index contributed by atoms with van der Waals surface area (Å²) in [5.74, 6) is -0.606. The lowest BCUT2D eigenvalue weighted by molar-refractivity contribution is 0.101. The molecule has 0 saturated heterocycles. The molecule has 1 aliphatic carbocycles. The van der Waals surface area contributed by atoms with Crippen LogP contribution in [0.5, 0.6) is 0 Å². The van der Waals surface area contributed by atoms with Crippen LogP contribution in [0.4, 0.5) is 15.8 Å². The number of halogens is 2. The van der Waals surface area contributed by atoms with Crippen molar-refractivity contribution in [3.05, 3.63) is 52.9 Å². The molecule has 1 aromatic heterocycles. The van der Waals surface area contributed by atoms with Crippen molar-refractivity contribution in [2.24, 2.45) is 13.0 Å². The number of rotatable bonds is 7. The highest BCUT2D eigenvalue weighted by Crippen LogP contribution is 2.30. The summed E-state index contributed by atoms with van der Waals surface area (Å²) in [6.07, 6.45) is 2.10. The summed E-state index contributed by atoms with van der Waals surface area (Å²) in [6, 6.07) is 8.67. The first-order chi connectivity index (χ1) is 14.6. The molecule has 1 aliphatic rings. The number of aryl methyl sites for hydroxylation is 1. The van der Waals surface area contributed by atoms with Gasteiger partial charge in [-0.3, -0.25) is 14.2 Å². The zero-order chi connectivity index (χ0) is 22.3. The first-order valence-corrected chi connectivity index (χ1v) is 11.4. The number of nitrogens with one attached hydrogen (secondary N) is 2. The first-order valence-electron chi connectivity index (χ1n) is 9.61. The molecule has 1 heterocycles. The van der Waals surface area contributed by atoms with Gasteiger partial charge in [0, 0.05) is 31.7 Å². The van der Waals surface area contributed by atoms with Gasteiger partial charge in [0.05, 0.1) is 16.2 Å². The van der Waals surface area contributed by atoms with Crippen LogP contribution in [0.1, 0.15) is 23.3 Å². The predicted molar refractivity (Wildman–Crippen MR) is 118 cm³/mol. The second-order valence-corrected chi connectivity index (χ2v) is 9.80. The Hall–Kier alpha value is -2.69. The lowest BCUT2D eigenvalue weighted by Gasteiger charge is -2.18. The number of aromatic nitrogens is 2. The van der Waals surface area contributed by atoms with Gasteiger partial charge in [-0.25, -0.2) is 4.39 Å². The maximum atomic E-state index is 13.3. The molecule has 8 nitrogen and oxygen atoms in total. The van der Waals surface area contributed by atoms with Crippen LogP contribution < -0.4 is 10.0 Å². The van der Waals surface area contributed by atoms with Gasteiger partial charge in [-0.15, -0.1) is 0 Å². The summed E-state index contributed by atoms with van der Waals surface area (Å²) in [5.41, 5.74) is 1.42. The van der Waals surface area contributed by atoms with E-state index in [1.807, 2.05) is 0 Å². The highest BCUT2D eigenvalue weighted by molar-refractivity contribution is 7.90. The monoisotopic (exact) mass is 465 g/mol. The molecule has 1 fully saturated rings. The van der Waals surface area contributed by atoms with E-state index in [0.29, 0.717) is 34.7 Å². The van der Waals surface area contributed by atoms with Gasteiger partial charge in [0.15, 0.2) is 0 Å². The quantitative estimate of drug-likeness (QED) is 0.557. The molecule has 11 heteroatoms. The van der Waals surface area contributed by atoms with Gasteiger partial charge >= 0.3 is 10.2 Å². The molecular weight excluding hydrogens is 445 g/mol. The van der Waals surface area contributed by atoms with Gasteiger partial charge in [-0.05, 0) is 55.2 Å². The predicted octanol–water partition coefficient (Wildman–Crippen LogP) is 3.62. The van der Waals surface area contributed by atoms with E-state index in [1.54, 1.807) is 32.3 Å². The van der Waals surface area contributed by atoms with Crippen LogP contribution in [0.3, 0.4) is 0 Å². The van der Waals surface area contributed by atoms with Crippen molar-refractivity contribution in [3.63, 3.8) is 0 Å². The third kappa shape index (κ3) is 4.65. The molecule has 0 aliphatic heterocycles. The average molecular weight is 466 g/mol. The van der Waals surface area contributed by atoms with Crippen LogP contribution in [0.2, 0.25) is 5.02 Å². The minimum Gasteiger partial charge on any atom is -0.321 e. The first kappa shape index (κ1) is 21.5.